The highest BCUT2D eigenvalue weighted by atomic mass is 32.2. The fraction of sp³-hybridized carbons (Fsp3) is 0.286. The van der Waals surface area contributed by atoms with E-state index in [1.807, 2.05) is 0 Å². The van der Waals surface area contributed by atoms with Crippen molar-refractivity contribution in [3.05, 3.63) is 48.3 Å². The molecule has 1 aliphatic carbocycles. The SMILES string of the molecule is O=S1(=O)c2ccccc2OC2C=C(OCC(F)(F)F)C=CC21. The summed E-state index contributed by atoms with van der Waals surface area (Å²) in [4.78, 5) is 0.0777. The van der Waals surface area contributed by atoms with Crippen LogP contribution in [0.3, 0.4) is 0 Å². The number of hydrogen-bond acceptors (Lipinski definition) is 4. The van der Waals surface area contributed by atoms with Crippen LogP contribution in [-0.4, -0.2) is 32.6 Å². The Kier molecular flexibility index (Phi) is 3.43. The van der Waals surface area contributed by atoms with Crippen LogP contribution in [0.1, 0.15) is 0 Å². The van der Waals surface area contributed by atoms with Gasteiger partial charge in [-0.3, -0.25) is 0 Å². The molecule has 1 aromatic rings. The van der Waals surface area contributed by atoms with Crippen molar-refractivity contribution in [2.75, 3.05) is 6.61 Å². The minimum absolute atomic E-state index is 0.0619. The van der Waals surface area contributed by atoms with Gasteiger partial charge in [0.1, 0.15) is 27.8 Å². The van der Waals surface area contributed by atoms with Crippen molar-refractivity contribution in [1.29, 1.82) is 0 Å². The largest absolute Gasteiger partial charge is 0.484 e. The van der Waals surface area contributed by atoms with Crippen molar-refractivity contribution in [3.8, 4) is 5.75 Å². The number of halogens is 3. The molecule has 2 unspecified atom stereocenters. The van der Waals surface area contributed by atoms with Crippen LogP contribution in [0.4, 0.5) is 13.2 Å². The standard InChI is InChI=1S/C14H11F3O4S/c15-14(16,17)8-20-9-5-6-13-11(7-9)21-10-3-1-2-4-12(10)22(13,18)19/h1-7,11,13H,8H2. The summed E-state index contributed by atoms with van der Waals surface area (Å²) in [5.74, 6) is 0.124. The third-order valence-corrected chi connectivity index (χ3v) is 5.37. The molecule has 0 N–H and O–H groups in total. The van der Waals surface area contributed by atoms with Crippen molar-refractivity contribution in [1.82, 2.24) is 0 Å². The molecule has 118 valence electrons. The van der Waals surface area contributed by atoms with E-state index >= 15 is 0 Å². The predicted molar refractivity (Wildman–Crippen MR) is 71.1 cm³/mol. The zero-order chi connectivity index (χ0) is 16.0. The summed E-state index contributed by atoms with van der Waals surface area (Å²) in [5.41, 5.74) is 0. The number of ether oxygens (including phenoxy) is 2. The second kappa shape index (κ2) is 5.05. The summed E-state index contributed by atoms with van der Waals surface area (Å²) in [6, 6.07) is 6.15. The molecular formula is C14H11F3O4S. The van der Waals surface area contributed by atoms with Gasteiger partial charge in [-0.05, 0) is 24.3 Å². The maximum Gasteiger partial charge on any atom is 0.422 e. The van der Waals surface area contributed by atoms with E-state index in [0.29, 0.717) is 0 Å². The molecule has 0 bridgehead atoms. The lowest BCUT2D eigenvalue weighted by molar-refractivity contribution is -0.164. The molecular weight excluding hydrogens is 321 g/mol. The zero-order valence-electron chi connectivity index (χ0n) is 11.1. The summed E-state index contributed by atoms with van der Waals surface area (Å²) >= 11 is 0. The van der Waals surface area contributed by atoms with Crippen LogP contribution in [-0.2, 0) is 14.6 Å². The van der Waals surface area contributed by atoms with E-state index in [1.54, 1.807) is 12.1 Å². The molecule has 0 amide bonds. The van der Waals surface area contributed by atoms with Gasteiger partial charge < -0.3 is 9.47 Å². The Morgan fingerprint density at radius 3 is 2.68 bits per heavy atom. The highest BCUT2D eigenvalue weighted by Gasteiger charge is 2.41. The van der Waals surface area contributed by atoms with Gasteiger partial charge in [0.25, 0.3) is 0 Å². The quantitative estimate of drug-likeness (QED) is 0.835. The van der Waals surface area contributed by atoms with E-state index in [4.69, 9.17) is 4.74 Å². The number of fused-ring (bicyclic) bond motifs is 2. The molecule has 2 atom stereocenters. The lowest BCUT2D eigenvalue weighted by Gasteiger charge is -2.32. The lowest BCUT2D eigenvalue weighted by Crippen LogP contribution is -2.41. The third kappa shape index (κ3) is 2.70. The minimum Gasteiger partial charge on any atom is -0.484 e. The van der Waals surface area contributed by atoms with Gasteiger partial charge in [0, 0.05) is 0 Å². The molecule has 0 saturated heterocycles. The molecule has 22 heavy (non-hydrogen) atoms. The summed E-state index contributed by atoms with van der Waals surface area (Å²) in [7, 11) is -3.64. The molecule has 2 aliphatic rings. The second-order valence-electron chi connectivity index (χ2n) is 4.87. The Hall–Kier alpha value is -1.96. The van der Waals surface area contributed by atoms with Gasteiger partial charge in [0.2, 0.25) is 0 Å². The maximum atomic E-state index is 12.5. The Bertz CT molecular complexity index is 750. The van der Waals surface area contributed by atoms with Crippen LogP contribution in [0.2, 0.25) is 0 Å². The molecule has 3 rings (SSSR count). The predicted octanol–water partition coefficient (Wildman–Crippen LogP) is 2.62. The van der Waals surface area contributed by atoms with Crippen LogP contribution in [0, 0.1) is 0 Å². The van der Waals surface area contributed by atoms with Gasteiger partial charge in [-0.25, -0.2) is 8.42 Å². The first-order chi connectivity index (χ1) is 10.3. The Balaban J connectivity index is 1.89. The molecule has 1 heterocycles. The first kappa shape index (κ1) is 15.0. The van der Waals surface area contributed by atoms with E-state index in [1.165, 1.54) is 30.4 Å². The Morgan fingerprint density at radius 2 is 1.95 bits per heavy atom. The van der Waals surface area contributed by atoms with E-state index in [-0.39, 0.29) is 16.4 Å². The number of para-hydroxylation sites is 1. The molecule has 0 aromatic heterocycles. The van der Waals surface area contributed by atoms with Crippen molar-refractivity contribution >= 4 is 9.84 Å². The monoisotopic (exact) mass is 332 g/mol. The van der Waals surface area contributed by atoms with E-state index < -0.39 is 34.0 Å². The van der Waals surface area contributed by atoms with Crippen LogP contribution < -0.4 is 4.74 Å². The van der Waals surface area contributed by atoms with Crippen molar-refractivity contribution < 1.29 is 31.1 Å². The smallest absolute Gasteiger partial charge is 0.422 e. The summed E-state index contributed by atoms with van der Waals surface area (Å²) in [5, 5.41) is -0.972. The van der Waals surface area contributed by atoms with Crippen molar-refractivity contribution in [2.24, 2.45) is 0 Å². The molecule has 1 aliphatic heterocycles. The second-order valence-corrected chi connectivity index (χ2v) is 6.95. The third-order valence-electron chi connectivity index (χ3n) is 3.28. The molecule has 0 radical (unpaired) electrons. The molecule has 0 spiro atoms. The zero-order valence-corrected chi connectivity index (χ0v) is 11.9. The first-order valence-corrected chi connectivity index (χ1v) is 7.91. The lowest BCUT2D eigenvalue weighted by atomic mass is 10.1. The normalized spacial score (nSPS) is 25.5. The van der Waals surface area contributed by atoms with E-state index in [0.717, 1.165) is 0 Å². The van der Waals surface area contributed by atoms with Crippen LogP contribution in [0.25, 0.3) is 0 Å². The summed E-state index contributed by atoms with van der Waals surface area (Å²) in [6.45, 7) is -1.44. The van der Waals surface area contributed by atoms with Gasteiger partial charge in [-0.2, -0.15) is 13.2 Å². The summed E-state index contributed by atoms with van der Waals surface area (Å²) in [6.07, 6.45) is -1.60. The maximum absolute atomic E-state index is 12.5. The van der Waals surface area contributed by atoms with Gasteiger partial charge in [0.05, 0.1) is 0 Å². The van der Waals surface area contributed by atoms with Gasteiger partial charge in [0.15, 0.2) is 16.4 Å². The Morgan fingerprint density at radius 1 is 1.23 bits per heavy atom. The van der Waals surface area contributed by atoms with E-state index in [9.17, 15) is 21.6 Å². The highest BCUT2D eigenvalue weighted by Crippen LogP contribution is 2.37. The first-order valence-electron chi connectivity index (χ1n) is 6.36. The Labute approximate surface area is 124 Å². The molecule has 8 heteroatoms. The number of alkyl halides is 3. The fourth-order valence-electron chi connectivity index (χ4n) is 2.33. The van der Waals surface area contributed by atoms with Crippen molar-refractivity contribution in [2.45, 2.75) is 22.4 Å². The minimum atomic E-state index is -4.46. The number of benzene rings is 1. The topological polar surface area (TPSA) is 52.6 Å². The van der Waals surface area contributed by atoms with Crippen molar-refractivity contribution in [3.63, 3.8) is 0 Å². The number of hydrogen-bond donors (Lipinski definition) is 0. The van der Waals surface area contributed by atoms with Crippen LogP contribution >= 0.6 is 0 Å². The van der Waals surface area contributed by atoms with Gasteiger partial charge >= 0.3 is 6.18 Å². The highest BCUT2D eigenvalue weighted by molar-refractivity contribution is 7.92. The summed E-state index contributed by atoms with van der Waals surface area (Å²) < 4.78 is 71.6. The van der Waals surface area contributed by atoms with Gasteiger partial charge in [-0.1, -0.05) is 18.2 Å². The van der Waals surface area contributed by atoms with Gasteiger partial charge in [-0.15, -0.1) is 0 Å². The number of allylic oxidation sites excluding steroid dienone is 1. The molecule has 0 saturated carbocycles. The molecule has 0 fully saturated rings. The van der Waals surface area contributed by atoms with Crippen LogP contribution in [0.5, 0.6) is 5.75 Å². The average molecular weight is 332 g/mol. The fourth-order valence-corrected chi connectivity index (χ4v) is 4.06. The van der Waals surface area contributed by atoms with E-state index in [2.05, 4.69) is 4.74 Å². The average Bonchev–Trinajstić information content (AvgIpc) is 2.44. The number of rotatable bonds is 2. The molecule has 1 aromatic carbocycles. The molecule has 4 nitrogen and oxygen atoms in total. The number of sulfone groups is 1. The van der Waals surface area contributed by atoms with Crippen LogP contribution in [0.15, 0.2) is 53.1 Å².